The molecule has 19 heavy (non-hydrogen) atoms. The number of alkyl halides is 3. The van der Waals surface area contributed by atoms with Crippen molar-refractivity contribution >= 4 is 11.6 Å². The summed E-state index contributed by atoms with van der Waals surface area (Å²) in [5.74, 6) is -0.819. The number of hydrogen-bond donors (Lipinski definition) is 2. The Bertz CT molecular complexity index is 484. The molecule has 7 heteroatoms. The Morgan fingerprint density at radius 1 is 1.42 bits per heavy atom. The van der Waals surface area contributed by atoms with Gasteiger partial charge in [0.2, 0.25) is 0 Å². The minimum absolute atomic E-state index is 0.0119. The zero-order valence-electron chi connectivity index (χ0n) is 9.96. The van der Waals surface area contributed by atoms with E-state index in [1.165, 1.54) is 6.07 Å². The van der Waals surface area contributed by atoms with Gasteiger partial charge in [-0.05, 0) is 31.0 Å². The third-order valence-corrected chi connectivity index (χ3v) is 2.61. The highest BCUT2D eigenvalue weighted by molar-refractivity contribution is 5.78. The van der Waals surface area contributed by atoms with Crippen LogP contribution in [0.1, 0.15) is 18.4 Å². The van der Waals surface area contributed by atoms with Gasteiger partial charge in [-0.3, -0.25) is 4.79 Å². The van der Waals surface area contributed by atoms with Crippen molar-refractivity contribution in [3.63, 3.8) is 0 Å². The maximum absolute atomic E-state index is 12.7. The van der Waals surface area contributed by atoms with Gasteiger partial charge in [-0.25, -0.2) is 0 Å². The van der Waals surface area contributed by atoms with Crippen LogP contribution in [0.3, 0.4) is 0 Å². The molecule has 1 fully saturated rings. The van der Waals surface area contributed by atoms with Crippen LogP contribution in [-0.2, 0) is 11.0 Å². The van der Waals surface area contributed by atoms with Gasteiger partial charge >= 0.3 is 6.18 Å². The highest BCUT2D eigenvalue weighted by atomic mass is 19.4. The highest BCUT2D eigenvalue weighted by Crippen LogP contribution is 2.37. The first kappa shape index (κ1) is 13.5. The predicted molar refractivity (Wildman–Crippen MR) is 62.5 cm³/mol. The van der Waals surface area contributed by atoms with E-state index in [-0.39, 0.29) is 11.7 Å². The van der Waals surface area contributed by atoms with Gasteiger partial charge in [-0.2, -0.15) is 13.2 Å². The van der Waals surface area contributed by atoms with E-state index in [0.717, 1.165) is 25.0 Å². The normalized spacial score (nSPS) is 15.1. The van der Waals surface area contributed by atoms with Crippen molar-refractivity contribution < 1.29 is 22.7 Å². The molecule has 0 atom stereocenters. The second kappa shape index (κ2) is 4.99. The number of halogens is 3. The topological polar surface area (TPSA) is 64.3 Å². The number of anilines is 1. The van der Waals surface area contributed by atoms with E-state index >= 15 is 0 Å². The van der Waals surface area contributed by atoms with Crippen molar-refractivity contribution in [1.29, 1.82) is 0 Å². The van der Waals surface area contributed by atoms with E-state index in [1.807, 2.05) is 0 Å². The van der Waals surface area contributed by atoms with Crippen LogP contribution in [0, 0.1) is 0 Å². The fraction of sp³-hybridized carbons (Fsp3) is 0.417. The van der Waals surface area contributed by atoms with E-state index in [0.29, 0.717) is 0 Å². The molecular formula is C12H13F3N2O2. The minimum atomic E-state index is -4.57. The van der Waals surface area contributed by atoms with Gasteiger partial charge in [-0.1, -0.05) is 0 Å². The number of benzene rings is 1. The molecule has 1 aromatic rings. The van der Waals surface area contributed by atoms with E-state index in [9.17, 15) is 18.0 Å². The molecule has 1 saturated carbocycles. The molecule has 1 aromatic carbocycles. The quantitative estimate of drug-likeness (QED) is 0.825. The summed E-state index contributed by atoms with van der Waals surface area (Å²) in [6, 6.07) is 3.34. The zero-order valence-corrected chi connectivity index (χ0v) is 9.96. The van der Waals surface area contributed by atoms with Gasteiger partial charge < -0.3 is 15.8 Å². The van der Waals surface area contributed by atoms with Gasteiger partial charge in [-0.15, -0.1) is 0 Å². The molecule has 0 unspecified atom stereocenters. The number of nitrogens with one attached hydrogen (secondary N) is 1. The number of nitrogen functional groups attached to an aromatic ring is 1. The first-order chi connectivity index (χ1) is 8.86. The molecule has 1 amide bonds. The average Bonchev–Trinajstić information content (AvgIpc) is 3.10. The first-order valence-corrected chi connectivity index (χ1v) is 5.75. The van der Waals surface area contributed by atoms with E-state index < -0.39 is 30.0 Å². The third-order valence-electron chi connectivity index (χ3n) is 2.61. The molecule has 1 aliphatic carbocycles. The monoisotopic (exact) mass is 274 g/mol. The van der Waals surface area contributed by atoms with Crippen LogP contribution < -0.4 is 15.8 Å². The number of amides is 1. The summed E-state index contributed by atoms with van der Waals surface area (Å²) in [4.78, 5) is 11.4. The van der Waals surface area contributed by atoms with Crippen LogP contribution in [0.15, 0.2) is 18.2 Å². The van der Waals surface area contributed by atoms with Crippen molar-refractivity contribution in [2.24, 2.45) is 0 Å². The standard InChI is InChI=1S/C12H13F3N2O2/c13-12(14,15)9-5-7(16)1-4-10(9)19-6-11(18)17-8-2-3-8/h1,4-5,8H,2-3,6,16H2,(H,17,18). The average molecular weight is 274 g/mol. The largest absolute Gasteiger partial charge is 0.483 e. The number of hydrogen-bond acceptors (Lipinski definition) is 3. The third kappa shape index (κ3) is 3.77. The van der Waals surface area contributed by atoms with Crippen LogP contribution in [0.25, 0.3) is 0 Å². The van der Waals surface area contributed by atoms with Crippen molar-refractivity contribution in [2.45, 2.75) is 25.1 Å². The van der Waals surface area contributed by atoms with Gasteiger partial charge in [0.25, 0.3) is 5.91 Å². The molecule has 3 N–H and O–H groups in total. The van der Waals surface area contributed by atoms with Gasteiger partial charge in [0.1, 0.15) is 5.75 Å². The minimum Gasteiger partial charge on any atom is -0.483 e. The predicted octanol–water partition coefficient (Wildman–Crippen LogP) is 1.94. The fourth-order valence-electron chi connectivity index (χ4n) is 1.54. The maximum Gasteiger partial charge on any atom is 0.420 e. The number of rotatable bonds is 4. The Balaban J connectivity index is 2.04. The molecule has 1 aliphatic rings. The lowest BCUT2D eigenvalue weighted by molar-refractivity contribution is -0.139. The molecule has 0 heterocycles. The molecule has 0 aliphatic heterocycles. The zero-order chi connectivity index (χ0) is 14.0. The molecule has 0 radical (unpaired) electrons. The Morgan fingerprint density at radius 3 is 2.68 bits per heavy atom. The lowest BCUT2D eigenvalue weighted by atomic mass is 10.1. The second-order valence-electron chi connectivity index (χ2n) is 4.38. The van der Waals surface area contributed by atoms with Crippen LogP contribution in [0.2, 0.25) is 0 Å². The molecular weight excluding hydrogens is 261 g/mol. The van der Waals surface area contributed by atoms with Crippen LogP contribution in [0.4, 0.5) is 18.9 Å². The Hall–Kier alpha value is -1.92. The van der Waals surface area contributed by atoms with Gasteiger partial charge in [0, 0.05) is 11.7 Å². The van der Waals surface area contributed by atoms with Crippen LogP contribution in [0.5, 0.6) is 5.75 Å². The first-order valence-electron chi connectivity index (χ1n) is 5.75. The van der Waals surface area contributed by atoms with Crippen molar-refractivity contribution in [3.05, 3.63) is 23.8 Å². The number of carbonyl (C=O) groups is 1. The summed E-state index contributed by atoms with van der Waals surface area (Å²) in [5, 5.41) is 2.62. The summed E-state index contributed by atoms with van der Waals surface area (Å²) in [7, 11) is 0. The SMILES string of the molecule is Nc1ccc(OCC(=O)NC2CC2)c(C(F)(F)F)c1. The van der Waals surface area contributed by atoms with E-state index in [1.54, 1.807) is 0 Å². The maximum atomic E-state index is 12.7. The van der Waals surface area contributed by atoms with Gasteiger partial charge in [0.05, 0.1) is 5.56 Å². The highest BCUT2D eigenvalue weighted by Gasteiger charge is 2.34. The van der Waals surface area contributed by atoms with Gasteiger partial charge in [0.15, 0.2) is 6.61 Å². The molecule has 0 bridgehead atoms. The number of carbonyl (C=O) groups excluding carboxylic acids is 1. The number of ether oxygens (including phenoxy) is 1. The molecule has 0 spiro atoms. The Labute approximate surface area is 107 Å². The lowest BCUT2D eigenvalue weighted by Crippen LogP contribution is -2.30. The van der Waals surface area contributed by atoms with Crippen LogP contribution >= 0.6 is 0 Å². The van der Waals surface area contributed by atoms with Crippen molar-refractivity contribution in [3.8, 4) is 5.75 Å². The molecule has 4 nitrogen and oxygen atoms in total. The van der Waals surface area contributed by atoms with Crippen LogP contribution in [-0.4, -0.2) is 18.6 Å². The fourth-order valence-corrected chi connectivity index (χ4v) is 1.54. The molecule has 0 saturated heterocycles. The Morgan fingerprint density at radius 2 is 2.11 bits per heavy atom. The molecule has 0 aromatic heterocycles. The summed E-state index contributed by atoms with van der Waals surface area (Å²) < 4.78 is 43.1. The number of nitrogens with two attached hydrogens (primary N) is 1. The summed E-state index contributed by atoms with van der Waals surface area (Å²) in [6.07, 6.45) is -2.76. The summed E-state index contributed by atoms with van der Waals surface area (Å²) in [5.41, 5.74) is 4.33. The Kier molecular flexibility index (Phi) is 3.55. The summed E-state index contributed by atoms with van der Waals surface area (Å²) >= 11 is 0. The lowest BCUT2D eigenvalue weighted by Gasteiger charge is -2.14. The molecule has 2 rings (SSSR count). The van der Waals surface area contributed by atoms with Crippen molar-refractivity contribution in [2.75, 3.05) is 12.3 Å². The van der Waals surface area contributed by atoms with E-state index in [2.05, 4.69) is 5.32 Å². The summed E-state index contributed by atoms with van der Waals surface area (Å²) in [6.45, 7) is -0.441. The second-order valence-corrected chi connectivity index (χ2v) is 4.38. The molecule has 104 valence electrons. The van der Waals surface area contributed by atoms with Crippen molar-refractivity contribution in [1.82, 2.24) is 5.32 Å². The van der Waals surface area contributed by atoms with E-state index in [4.69, 9.17) is 10.5 Å². The smallest absolute Gasteiger partial charge is 0.420 e.